The molecule has 0 saturated heterocycles. The van der Waals surface area contributed by atoms with E-state index in [9.17, 15) is 0 Å². The van der Waals surface area contributed by atoms with E-state index >= 15 is 0 Å². The molecule has 0 spiro atoms. The SMILES string of the molecule is NCc1cnccc1OCc1ccc2c(c1)OCO2. The van der Waals surface area contributed by atoms with Crippen molar-refractivity contribution in [3.63, 3.8) is 0 Å². The number of pyridine rings is 1. The number of hydrogen-bond donors (Lipinski definition) is 1. The highest BCUT2D eigenvalue weighted by atomic mass is 16.7. The average Bonchev–Trinajstić information content (AvgIpc) is 2.93. The molecule has 0 saturated carbocycles. The summed E-state index contributed by atoms with van der Waals surface area (Å²) in [6, 6.07) is 7.58. The van der Waals surface area contributed by atoms with Crippen molar-refractivity contribution < 1.29 is 14.2 Å². The predicted molar refractivity (Wildman–Crippen MR) is 69.0 cm³/mol. The summed E-state index contributed by atoms with van der Waals surface area (Å²) < 4.78 is 16.4. The van der Waals surface area contributed by atoms with Gasteiger partial charge in [0.2, 0.25) is 6.79 Å². The molecule has 0 atom stereocenters. The molecule has 0 unspecified atom stereocenters. The number of aromatic nitrogens is 1. The van der Waals surface area contributed by atoms with Gasteiger partial charge in [-0.25, -0.2) is 0 Å². The van der Waals surface area contributed by atoms with E-state index in [1.165, 1.54) is 0 Å². The normalized spacial score (nSPS) is 12.5. The lowest BCUT2D eigenvalue weighted by Gasteiger charge is -2.10. The molecule has 0 fully saturated rings. The third-order valence-electron chi connectivity index (χ3n) is 2.91. The van der Waals surface area contributed by atoms with Gasteiger partial charge in [-0.1, -0.05) is 6.07 Å². The van der Waals surface area contributed by atoms with Crippen LogP contribution in [0.15, 0.2) is 36.7 Å². The van der Waals surface area contributed by atoms with Gasteiger partial charge >= 0.3 is 0 Å². The first-order valence-electron chi connectivity index (χ1n) is 6.01. The molecule has 0 amide bonds. The Morgan fingerprint density at radius 2 is 2.11 bits per heavy atom. The second-order valence-electron chi connectivity index (χ2n) is 4.16. The molecule has 0 radical (unpaired) electrons. The van der Waals surface area contributed by atoms with Gasteiger partial charge in [-0.05, 0) is 23.8 Å². The third kappa shape index (κ3) is 2.46. The fourth-order valence-corrected chi connectivity index (χ4v) is 1.90. The summed E-state index contributed by atoms with van der Waals surface area (Å²) in [5.41, 5.74) is 7.55. The summed E-state index contributed by atoms with van der Waals surface area (Å²) in [6.07, 6.45) is 3.41. The number of nitrogens with zero attached hydrogens (tertiary/aromatic N) is 1. The van der Waals surface area contributed by atoms with Crippen molar-refractivity contribution in [2.24, 2.45) is 5.73 Å². The van der Waals surface area contributed by atoms with E-state index in [1.807, 2.05) is 24.3 Å². The molecule has 2 N–H and O–H groups in total. The summed E-state index contributed by atoms with van der Waals surface area (Å²) in [5, 5.41) is 0. The average molecular weight is 258 g/mol. The molecule has 5 heteroatoms. The smallest absolute Gasteiger partial charge is 0.231 e. The lowest BCUT2D eigenvalue weighted by Crippen LogP contribution is -2.03. The van der Waals surface area contributed by atoms with Crippen LogP contribution in [-0.4, -0.2) is 11.8 Å². The fraction of sp³-hybridized carbons (Fsp3) is 0.214. The topological polar surface area (TPSA) is 66.6 Å². The highest BCUT2D eigenvalue weighted by Gasteiger charge is 2.13. The monoisotopic (exact) mass is 258 g/mol. The largest absolute Gasteiger partial charge is 0.488 e. The first-order chi connectivity index (χ1) is 9.36. The van der Waals surface area contributed by atoms with E-state index in [0.717, 1.165) is 28.4 Å². The zero-order valence-corrected chi connectivity index (χ0v) is 10.3. The summed E-state index contributed by atoms with van der Waals surface area (Å²) in [5.74, 6) is 2.29. The van der Waals surface area contributed by atoms with Crippen LogP contribution >= 0.6 is 0 Å². The van der Waals surface area contributed by atoms with Gasteiger partial charge < -0.3 is 19.9 Å². The van der Waals surface area contributed by atoms with Crippen molar-refractivity contribution in [1.82, 2.24) is 4.98 Å². The lowest BCUT2D eigenvalue weighted by molar-refractivity contribution is 0.174. The van der Waals surface area contributed by atoms with E-state index in [2.05, 4.69) is 4.98 Å². The van der Waals surface area contributed by atoms with E-state index in [0.29, 0.717) is 13.2 Å². The molecule has 0 bridgehead atoms. The highest BCUT2D eigenvalue weighted by Crippen LogP contribution is 2.32. The quantitative estimate of drug-likeness (QED) is 0.906. The Morgan fingerprint density at radius 1 is 1.21 bits per heavy atom. The Morgan fingerprint density at radius 3 is 3.00 bits per heavy atom. The number of ether oxygens (including phenoxy) is 3. The Bertz CT molecular complexity index is 587. The van der Waals surface area contributed by atoms with Crippen LogP contribution in [-0.2, 0) is 13.2 Å². The van der Waals surface area contributed by atoms with Gasteiger partial charge in [-0.15, -0.1) is 0 Å². The van der Waals surface area contributed by atoms with E-state index < -0.39 is 0 Å². The van der Waals surface area contributed by atoms with Crippen LogP contribution in [0.3, 0.4) is 0 Å². The van der Waals surface area contributed by atoms with Crippen molar-refractivity contribution in [3.05, 3.63) is 47.8 Å². The van der Waals surface area contributed by atoms with Gasteiger partial charge in [0.1, 0.15) is 12.4 Å². The van der Waals surface area contributed by atoms with Crippen LogP contribution in [0.5, 0.6) is 17.2 Å². The minimum absolute atomic E-state index is 0.279. The van der Waals surface area contributed by atoms with Crippen LogP contribution in [0.1, 0.15) is 11.1 Å². The number of fused-ring (bicyclic) bond motifs is 1. The highest BCUT2D eigenvalue weighted by molar-refractivity contribution is 5.44. The van der Waals surface area contributed by atoms with Crippen LogP contribution in [0.2, 0.25) is 0 Å². The standard InChI is InChI=1S/C14H14N2O3/c15-6-11-7-16-4-3-12(11)17-8-10-1-2-13-14(5-10)19-9-18-13/h1-5,7H,6,8-9,15H2. The summed E-state index contributed by atoms with van der Waals surface area (Å²) in [4.78, 5) is 4.02. The van der Waals surface area contributed by atoms with Gasteiger partial charge in [0.25, 0.3) is 0 Å². The van der Waals surface area contributed by atoms with Crippen molar-refractivity contribution in [1.29, 1.82) is 0 Å². The van der Waals surface area contributed by atoms with Gasteiger partial charge in [-0.3, -0.25) is 4.98 Å². The maximum atomic E-state index is 5.76. The molecule has 1 aromatic carbocycles. The Kier molecular flexibility index (Phi) is 3.20. The van der Waals surface area contributed by atoms with Crippen LogP contribution in [0, 0.1) is 0 Å². The molecule has 1 aliphatic heterocycles. The molecule has 98 valence electrons. The van der Waals surface area contributed by atoms with Gasteiger partial charge in [0.05, 0.1) is 0 Å². The Labute approximate surface area is 110 Å². The maximum absolute atomic E-state index is 5.76. The lowest BCUT2D eigenvalue weighted by atomic mass is 10.2. The molecule has 0 aliphatic carbocycles. The Balaban J connectivity index is 1.72. The predicted octanol–water partition coefficient (Wildman–Crippen LogP) is 1.85. The number of benzene rings is 1. The molecule has 2 heterocycles. The molecule has 3 rings (SSSR count). The number of nitrogens with two attached hydrogens (primary N) is 1. The molecular weight excluding hydrogens is 244 g/mol. The molecule has 5 nitrogen and oxygen atoms in total. The zero-order valence-electron chi connectivity index (χ0n) is 10.3. The van der Waals surface area contributed by atoms with Crippen LogP contribution in [0.4, 0.5) is 0 Å². The second-order valence-corrected chi connectivity index (χ2v) is 4.16. The number of hydrogen-bond acceptors (Lipinski definition) is 5. The van der Waals surface area contributed by atoms with Crippen molar-refractivity contribution >= 4 is 0 Å². The van der Waals surface area contributed by atoms with E-state index in [-0.39, 0.29) is 6.79 Å². The molecule has 19 heavy (non-hydrogen) atoms. The zero-order chi connectivity index (χ0) is 13.1. The minimum atomic E-state index is 0.279. The van der Waals surface area contributed by atoms with Gasteiger partial charge in [0, 0.05) is 24.5 Å². The van der Waals surface area contributed by atoms with E-state index in [1.54, 1.807) is 12.4 Å². The summed E-state index contributed by atoms with van der Waals surface area (Å²) >= 11 is 0. The van der Waals surface area contributed by atoms with E-state index in [4.69, 9.17) is 19.9 Å². The van der Waals surface area contributed by atoms with Gasteiger partial charge in [-0.2, -0.15) is 0 Å². The first-order valence-corrected chi connectivity index (χ1v) is 6.01. The second kappa shape index (κ2) is 5.16. The van der Waals surface area contributed by atoms with Crippen molar-refractivity contribution in [2.75, 3.05) is 6.79 Å². The molecule has 1 aliphatic rings. The molecule has 2 aromatic rings. The van der Waals surface area contributed by atoms with Crippen LogP contribution < -0.4 is 19.9 Å². The number of rotatable bonds is 4. The van der Waals surface area contributed by atoms with Crippen LogP contribution in [0.25, 0.3) is 0 Å². The summed E-state index contributed by atoms with van der Waals surface area (Å²) in [6.45, 7) is 1.14. The Hall–Kier alpha value is -2.27. The fourth-order valence-electron chi connectivity index (χ4n) is 1.90. The molecular formula is C14H14N2O3. The van der Waals surface area contributed by atoms with Crippen molar-refractivity contribution in [3.8, 4) is 17.2 Å². The van der Waals surface area contributed by atoms with Gasteiger partial charge in [0.15, 0.2) is 11.5 Å². The first kappa shape index (κ1) is 11.8. The minimum Gasteiger partial charge on any atom is -0.488 e. The third-order valence-corrected chi connectivity index (χ3v) is 2.91. The molecule has 1 aromatic heterocycles. The maximum Gasteiger partial charge on any atom is 0.231 e. The summed E-state index contributed by atoms with van der Waals surface area (Å²) in [7, 11) is 0. The van der Waals surface area contributed by atoms with Crippen molar-refractivity contribution in [2.45, 2.75) is 13.2 Å².